The van der Waals surface area contributed by atoms with Crippen LogP contribution < -0.4 is 10.2 Å². The molecule has 0 unspecified atom stereocenters. The molecule has 0 bridgehead atoms. The van der Waals surface area contributed by atoms with Crippen LogP contribution in [0.15, 0.2) is 35.8 Å². The molecule has 1 N–H and O–H groups in total. The molecule has 1 fully saturated rings. The number of guanidine groups is 1. The summed E-state index contributed by atoms with van der Waals surface area (Å²) in [6.45, 7) is 7.47. The first-order valence-corrected chi connectivity index (χ1v) is 9.29. The molecular formula is C18H28N8. The second-order valence-corrected chi connectivity index (χ2v) is 6.38. The van der Waals surface area contributed by atoms with E-state index in [1.54, 1.807) is 12.4 Å². The van der Waals surface area contributed by atoms with Crippen molar-refractivity contribution in [1.29, 1.82) is 0 Å². The molecule has 0 saturated carbocycles. The molecule has 1 saturated heterocycles. The van der Waals surface area contributed by atoms with E-state index < -0.39 is 0 Å². The third-order valence-electron chi connectivity index (χ3n) is 4.39. The minimum Gasteiger partial charge on any atom is -0.357 e. The smallest absolute Gasteiger partial charge is 0.225 e. The molecule has 26 heavy (non-hydrogen) atoms. The Morgan fingerprint density at radius 1 is 1.19 bits per heavy atom. The number of nitrogens with zero attached hydrogens (tertiary/aromatic N) is 7. The van der Waals surface area contributed by atoms with Gasteiger partial charge < -0.3 is 15.1 Å². The highest BCUT2D eigenvalue weighted by atomic mass is 15.4. The fourth-order valence-electron chi connectivity index (χ4n) is 3.07. The molecule has 8 nitrogen and oxygen atoms in total. The van der Waals surface area contributed by atoms with Crippen molar-refractivity contribution in [2.45, 2.75) is 19.8 Å². The van der Waals surface area contributed by atoms with Crippen LogP contribution in [0.4, 0.5) is 5.95 Å². The van der Waals surface area contributed by atoms with Crippen molar-refractivity contribution < 1.29 is 0 Å². The van der Waals surface area contributed by atoms with Gasteiger partial charge in [-0.25, -0.2) is 9.97 Å². The Morgan fingerprint density at radius 3 is 2.62 bits per heavy atom. The molecule has 3 heterocycles. The molecule has 0 aliphatic carbocycles. The van der Waals surface area contributed by atoms with Crippen LogP contribution in [0, 0.1) is 0 Å². The lowest BCUT2D eigenvalue weighted by Crippen LogP contribution is -2.53. The fourth-order valence-corrected chi connectivity index (χ4v) is 3.07. The number of aliphatic imine (C=N–C) groups is 1. The summed E-state index contributed by atoms with van der Waals surface area (Å²) in [6, 6.07) is 1.85. The van der Waals surface area contributed by atoms with E-state index in [0.717, 1.165) is 64.0 Å². The highest BCUT2D eigenvalue weighted by molar-refractivity contribution is 5.80. The largest absolute Gasteiger partial charge is 0.357 e. The van der Waals surface area contributed by atoms with E-state index in [2.05, 4.69) is 43.3 Å². The Hall–Kier alpha value is -2.64. The molecular weight excluding hydrogens is 328 g/mol. The number of hydrogen-bond acceptors (Lipinski definition) is 5. The molecule has 1 aliphatic heterocycles. The summed E-state index contributed by atoms with van der Waals surface area (Å²) in [7, 11) is 1.95. The summed E-state index contributed by atoms with van der Waals surface area (Å²) >= 11 is 0. The number of aryl methyl sites for hydroxylation is 2. The first-order chi connectivity index (χ1) is 12.8. The van der Waals surface area contributed by atoms with Crippen LogP contribution in [0.5, 0.6) is 0 Å². The number of anilines is 1. The number of piperazine rings is 1. The Labute approximate surface area is 155 Å². The molecule has 2 aromatic rings. The maximum atomic E-state index is 4.81. The first-order valence-electron chi connectivity index (χ1n) is 9.29. The summed E-state index contributed by atoms with van der Waals surface area (Å²) in [4.78, 5) is 18.0. The average molecular weight is 356 g/mol. The Balaban J connectivity index is 1.49. The maximum absolute atomic E-state index is 4.81. The summed E-state index contributed by atoms with van der Waals surface area (Å²) in [5.74, 6) is 1.82. The van der Waals surface area contributed by atoms with Gasteiger partial charge in [-0.3, -0.25) is 9.67 Å². The van der Waals surface area contributed by atoms with E-state index in [-0.39, 0.29) is 0 Å². The van der Waals surface area contributed by atoms with Gasteiger partial charge in [0.2, 0.25) is 5.95 Å². The van der Waals surface area contributed by atoms with E-state index in [1.165, 1.54) is 5.56 Å². The second-order valence-electron chi connectivity index (χ2n) is 6.38. The van der Waals surface area contributed by atoms with Gasteiger partial charge >= 0.3 is 0 Å². The molecule has 0 amide bonds. The zero-order chi connectivity index (χ0) is 18.2. The van der Waals surface area contributed by atoms with Crippen LogP contribution >= 0.6 is 0 Å². The summed E-state index contributed by atoms with van der Waals surface area (Å²) in [5, 5.41) is 7.63. The van der Waals surface area contributed by atoms with E-state index in [4.69, 9.17) is 4.99 Å². The maximum Gasteiger partial charge on any atom is 0.225 e. The predicted molar refractivity (Wildman–Crippen MR) is 103 cm³/mol. The molecule has 140 valence electrons. The van der Waals surface area contributed by atoms with Crippen molar-refractivity contribution in [3.8, 4) is 0 Å². The number of rotatable bonds is 6. The van der Waals surface area contributed by atoms with Crippen molar-refractivity contribution in [3.63, 3.8) is 0 Å². The van der Waals surface area contributed by atoms with Crippen molar-refractivity contribution in [2.24, 2.45) is 12.0 Å². The highest BCUT2D eigenvalue weighted by Gasteiger charge is 2.20. The van der Waals surface area contributed by atoms with Crippen LogP contribution in [-0.2, 0) is 13.5 Å². The zero-order valence-electron chi connectivity index (χ0n) is 15.7. The van der Waals surface area contributed by atoms with E-state index in [1.807, 2.05) is 24.0 Å². The molecule has 2 aromatic heterocycles. The van der Waals surface area contributed by atoms with Crippen LogP contribution in [0.25, 0.3) is 0 Å². The molecule has 0 aromatic carbocycles. The fraction of sp³-hybridized carbons (Fsp3) is 0.556. The monoisotopic (exact) mass is 356 g/mol. The lowest BCUT2D eigenvalue weighted by atomic mass is 10.2. The van der Waals surface area contributed by atoms with E-state index in [0.29, 0.717) is 0 Å². The van der Waals surface area contributed by atoms with Gasteiger partial charge in [-0.1, -0.05) is 0 Å². The summed E-state index contributed by atoms with van der Waals surface area (Å²) in [6.07, 6.45) is 9.62. The Bertz CT molecular complexity index is 688. The van der Waals surface area contributed by atoms with Crippen LogP contribution in [0.2, 0.25) is 0 Å². The highest BCUT2D eigenvalue weighted by Crippen LogP contribution is 2.10. The Kier molecular flexibility index (Phi) is 6.40. The van der Waals surface area contributed by atoms with Gasteiger partial charge in [0.05, 0.1) is 6.20 Å². The lowest BCUT2D eigenvalue weighted by molar-refractivity contribution is 0.370. The number of hydrogen-bond donors (Lipinski definition) is 1. The molecule has 0 spiro atoms. The van der Waals surface area contributed by atoms with Gasteiger partial charge in [-0.2, -0.15) is 5.10 Å². The minimum atomic E-state index is 0.811. The van der Waals surface area contributed by atoms with Gasteiger partial charge in [0, 0.05) is 64.9 Å². The summed E-state index contributed by atoms with van der Waals surface area (Å²) < 4.78 is 1.85. The number of aromatic nitrogens is 4. The molecule has 8 heteroatoms. The van der Waals surface area contributed by atoms with Crippen molar-refractivity contribution >= 4 is 11.9 Å². The molecule has 1 aliphatic rings. The minimum absolute atomic E-state index is 0.811. The third-order valence-corrected chi connectivity index (χ3v) is 4.39. The van der Waals surface area contributed by atoms with Crippen LogP contribution in [-0.4, -0.2) is 69.9 Å². The third kappa shape index (κ3) is 4.93. The molecule has 3 rings (SSSR count). The van der Waals surface area contributed by atoms with Gasteiger partial charge in [-0.05, 0) is 31.4 Å². The SMILES string of the molecule is CCNC(=NCCCc1cnn(C)c1)N1CCN(c2ncccn2)CC1. The normalized spacial score (nSPS) is 15.4. The van der Waals surface area contributed by atoms with Gasteiger partial charge in [0.1, 0.15) is 0 Å². The lowest BCUT2D eigenvalue weighted by Gasteiger charge is -2.36. The van der Waals surface area contributed by atoms with Crippen molar-refractivity contribution in [1.82, 2.24) is 30.0 Å². The quantitative estimate of drug-likeness (QED) is 0.472. The molecule has 0 radical (unpaired) electrons. The van der Waals surface area contributed by atoms with Crippen LogP contribution in [0.1, 0.15) is 18.9 Å². The van der Waals surface area contributed by atoms with Crippen LogP contribution in [0.3, 0.4) is 0 Å². The molecule has 0 atom stereocenters. The predicted octanol–water partition coefficient (Wildman–Crippen LogP) is 0.930. The number of nitrogens with one attached hydrogen (secondary N) is 1. The standard InChI is InChI=1S/C18H28N8/c1-3-19-17(20-7-4-6-16-14-23-24(2)15-16)25-10-12-26(13-11-25)18-21-8-5-9-22-18/h5,8-9,14-15H,3-4,6-7,10-13H2,1-2H3,(H,19,20). The average Bonchev–Trinajstić information content (AvgIpc) is 3.10. The van der Waals surface area contributed by atoms with E-state index in [9.17, 15) is 0 Å². The van der Waals surface area contributed by atoms with Crippen molar-refractivity contribution in [2.75, 3.05) is 44.2 Å². The topological polar surface area (TPSA) is 74.5 Å². The summed E-state index contributed by atoms with van der Waals surface area (Å²) in [5.41, 5.74) is 1.27. The van der Waals surface area contributed by atoms with Crippen molar-refractivity contribution in [3.05, 3.63) is 36.4 Å². The van der Waals surface area contributed by atoms with Gasteiger partial charge in [-0.15, -0.1) is 0 Å². The second kappa shape index (κ2) is 9.17. The van der Waals surface area contributed by atoms with Gasteiger partial charge in [0.25, 0.3) is 0 Å². The van der Waals surface area contributed by atoms with Gasteiger partial charge in [0.15, 0.2) is 5.96 Å². The first kappa shape index (κ1) is 18.2. The van der Waals surface area contributed by atoms with E-state index >= 15 is 0 Å². The zero-order valence-corrected chi connectivity index (χ0v) is 15.7. The Morgan fingerprint density at radius 2 is 1.96 bits per heavy atom.